The molecule has 0 saturated heterocycles. The number of amides is 1. The van der Waals surface area contributed by atoms with Crippen LogP contribution in [0.25, 0.3) is 11.3 Å². The number of halogens is 1. The van der Waals surface area contributed by atoms with Gasteiger partial charge in [-0.15, -0.1) is 0 Å². The Morgan fingerprint density at radius 2 is 1.69 bits per heavy atom. The molecule has 0 spiro atoms. The fraction of sp³-hybridized carbons (Fsp3) is 0.267. The molecule has 39 heavy (non-hydrogen) atoms. The first kappa shape index (κ1) is 26.4. The van der Waals surface area contributed by atoms with Gasteiger partial charge < -0.3 is 28.4 Å². The molecule has 0 saturated carbocycles. The van der Waals surface area contributed by atoms with E-state index in [1.54, 1.807) is 39.2 Å². The summed E-state index contributed by atoms with van der Waals surface area (Å²) in [5.41, 5.74) is 3.41. The van der Waals surface area contributed by atoms with Crippen molar-refractivity contribution < 1.29 is 28.3 Å². The summed E-state index contributed by atoms with van der Waals surface area (Å²) in [5.74, 6) is 2.82. The maximum Gasteiger partial charge on any atom is 0.260 e. The van der Waals surface area contributed by atoms with E-state index < -0.39 is 6.04 Å². The van der Waals surface area contributed by atoms with Gasteiger partial charge in [0, 0.05) is 12.1 Å². The quantitative estimate of drug-likeness (QED) is 0.261. The highest BCUT2D eigenvalue weighted by atomic mass is 35.5. The lowest BCUT2D eigenvalue weighted by molar-refractivity contribution is 0.0588. The molecule has 8 nitrogen and oxygen atoms in total. The number of ether oxygens (including phenoxy) is 4. The second-order valence-corrected chi connectivity index (χ2v) is 9.51. The Balaban J connectivity index is 1.54. The normalized spacial score (nSPS) is 14.5. The monoisotopic (exact) mass is 548 g/mol. The van der Waals surface area contributed by atoms with Crippen molar-refractivity contribution in [3.63, 3.8) is 0 Å². The minimum atomic E-state index is -0.420. The molecule has 1 aliphatic heterocycles. The predicted octanol–water partition coefficient (Wildman–Crippen LogP) is 6.15. The molecule has 1 aromatic heterocycles. The molecule has 2 heterocycles. The number of aryl methyl sites for hydroxylation is 1. The molecule has 9 heteroatoms. The lowest BCUT2D eigenvalue weighted by Crippen LogP contribution is -2.43. The minimum Gasteiger partial charge on any atom is -0.497 e. The minimum absolute atomic E-state index is 0.215. The number of rotatable bonds is 8. The van der Waals surface area contributed by atoms with Crippen LogP contribution in [-0.2, 0) is 6.42 Å². The third-order valence-electron chi connectivity index (χ3n) is 6.94. The Labute approximate surface area is 232 Å². The molecule has 0 aliphatic carbocycles. The molecule has 0 N–H and O–H groups in total. The summed E-state index contributed by atoms with van der Waals surface area (Å²) in [4.78, 5) is 16.0. The standard InChI is InChI=1S/C30H29ClN2O6/c1-18-28(29(32-39-18)22-7-5-6-8-24(22)31)30(34)33-14-13-19-15-26(36-3)27(37-4)16-23(19)25(33)17-38-21-11-9-20(35-2)10-12-21/h5-12,15-16,25H,13-14,17H2,1-4H3. The number of carbonyl (C=O) groups excluding carboxylic acids is 1. The van der Waals surface area contributed by atoms with Gasteiger partial charge in [-0.25, -0.2) is 0 Å². The van der Waals surface area contributed by atoms with Crippen molar-refractivity contribution in [3.05, 3.63) is 88.1 Å². The van der Waals surface area contributed by atoms with Crippen molar-refractivity contribution in [1.29, 1.82) is 0 Å². The van der Waals surface area contributed by atoms with Crippen molar-refractivity contribution >= 4 is 17.5 Å². The number of fused-ring (bicyclic) bond motifs is 1. The molecule has 3 aromatic carbocycles. The van der Waals surface area contributed by atoms with Crippen molar-refractivity contribution in [2.24, 2.45) is 0 Å². The molecule has 0 bridgehead atoms. The SMILES string of the molecule is COc1ccc(OCC2c3cc(OC)c(OC)cc3CCN2C(=O)c2c(-c3ccccc3Cl)noc2C)cc1. The summed E-state index contributed by atoms with van der Waals surface area (Å²) < 4.78 is 28.1. The maximum absolute atomic E-state index is 14.2. The molecular weight excluding hydrogens is 520 g/mol. The molecule has 5 rings (SSSR count). The second-order valence-electron chi connectivity index (χ2n) is 9.10. The summed E-state index contributed by atoms with van der Waals surface area (Å²) in [7, 11) is 4.82. The van der Waals surface area contributed by atoms with Crippen molar-refractivity contribution in [2.45, 2.75) is 19.4 Å². The molecule has 4 aromatic rings. The zero-order chi connectivity index (χ0) is 27.5. The fourth-order valence-corrected chi connectivity index (χ4v) is 5.13. The largest absolute Gasteiger partial charge is 0.497 e. The lowest BCUT2D eigenvalue weighted by Gasteiger charge is -2.37. The van der Waals surface area contributed by atoms with E-state index in [2.05, 4.69) is 5.16 Å². The van der Waals surface area contributed by atoms with Gasteiger partial charge in [0.2, 0.25) is 0 Å². The van der Waals surface area contributed by atoms with Crippen LogP contribution in [0.3, 0.4) is 0 Å². The Hall–Kier alpha value is -4.17. The van der Waals surface area contributed by atoms with Gasteiger partial charge in [0.1, 0.15) is 35.1 Å². The highest BCUT2D eigenvalue weighted by Crippen LogP contribution is 2.40. The summed E-state index contributed by atoms with van der Waals surface area (Å²) in [5, 5.41) is 4.69. The van der Waals surface area contributed by atoms with Crippen LogP contribution in [-0.4, -0.2) is 50.4 Å². The van der Waals surface area contributed by atoms with Crippen LogP contribution in [0.2, 0.25) is 5.02 Å². The van der Waals surface area contributed by atoms with Gasteiger partial charge in [-0.1, -0.05) is 35.0 Å². The molecule has 0 radical (unpaired) electrons. The molecular formula is C30H29ClN2O6. The fourth-order valence-electron chi connectivity index (χ4n) is 4.90. The van der Waals surface area contributed by atoms with Gasteiger partial charge in [-0.2, -0.15) is 0 Å². The van der Waals surface area contributed by atoms with E-state index in [0.29, 0.717) is 57.8 Å². The topological polar surface area (TPSA) is 83.3 Å². The number of hydrogen-bond donors (Lipinski definition) is 0. The number of aromatic nitrogens is 1. The number of carbonyl (C=O) groups is 1. The Bertz CT molecular complexity index is 1480. The van der Waals surface area contributed by atoms with Gasteiger partial charge in [-0.3, -0.25) is 4.79 Å². The van der Waals surface area contributed by atoms with E-state index in [9.17, 15) is 4.79 Å². The zero-order valence-electron chi connectivity index (χ0n) is 22.2. The predicted molar refractivity (Wildman–Crippen MR) is 147 cm³/mol. The Morgan fingerprint density at radius 3 is 2.38 bits per heavy atom. The van der Waals surface area contributed by atoms with Crippen LogP contribution in [0.5, 0.6) is 23.0 Å². The third kappa shape index (κ3) is 5.12. The van der Waals surface area contributed by atoms with Crippen LogP contribution in [0.4, 0.5) is 0 Å². The first-order valence-corrected chi connectivity index (χ1v) is 12.9. The van der Waals surface area contributed by atoms with Crippen LogP contribution < -0.4 is 18.9 Å². The second kappa shape index (κ2) is 11.3. The van der Waals surface area contributed by atoms with Crippen molar-refractivity contribution in [3.8, 4) is 34.3 Å². The van der Waals surface area contributed by atoms with E-state index in [4.69, 9.17) is 35.1 Å². The van der Waals surface area contributed by atoms with Crippen LogP contribution >= 0.6 is 11.6 Å². The van der Waals surface area contributed by atoms with Gasteiger partial charge >= 0.3 is 0 Å². The van der Waals surface area contributed by atoms with Crippen molar-refractivity contribution in [1.82, 2.24) is 10.1 Å². The Kier molecular flexibility index (Phi) is 7.65. The molecule has 1 atom stereocenters. The average molecular weight is 549 g/mol. The van der Waals surface area contributed by atoms with Crippen LogP contribution in [0.1, 0.15) is 33.3 Å². The average Bonchev–Trinajstić information content (AvgIpc) is 3.35. The smallest absolute Gasteiger partial charge is 0.260 e. The Morgan fingerprint density at radius 1 is 1.00 bits per heavy atom. The summed E-state index contributed by atoms with van der Waals surface area (Å²) in [6.07, 6.45) is 0.631. The summed E-state index contributed by atoms with van der Waals surface area (Å²) >= 11 is 6.47. The van der Waals surface area contributed by atoms with Crippen LogP contribution in [0, 0.1) is 6.92 Å². The lowest BCUT2D eigenvalue weighted by atomic mass is 9.91. The van der Waals surface area contributed by atoms with E-state index in [0.717, 1.165) is 16.9 Å². The van der Waals surface area contributed by atoms with Crippen LogP contribution in [0.15, 0.2) is 65.2 Å². The molecule has 1 amide bonds. The summed E-state index contributed by atoms with van der Waals surface area (Å²) in [6.45, 7) is 2.41. The van der Waals surface area contributed by atoms with Gasteiger partial charge in [-0.05, 0) is 66.9 Å². The van der Waals surface area contributed by atoms with Gasteiger partial charge in [0.15, 0.2) is 11.5 Å². The number of nitrogens with zero attached hydrogens (tertiary/aromatic N) is 2. The first-order chi connectivity index (χ1) is 18.9. The van der Waals surface area contributed by atoms with E-state index >= 15 is 0 Å². The molecule has 202 valence electrons. The maximum atomic E-state index is 14.2. The zero-order valence-corrected chi connectivity index (χ0v) is 22.9. The first-order valence-electron chi connectivity index (χ1n) is 12.5. The van der Waals surface area contributed by atoms with Gasteiger partial charge in [0.05, 0.1) is 32.4 Å². The molecule has 1 unspecified atom stereocenters. The molecule has 0 fully saturated rings. The van der Waals surface area contributed by atoms with Crippen molar-refractivity contribution in [2.75, 3.05) is 34.5 Å². The summed E-state index contributed by atoms with van der Waals surface area (Å²) in [6, 6.07) is 18.1. The molecule has 1 aliphatic rings. The highest BCUT2D eigenvalue weighted by Gasteiger charge is 2.36. The number of hydrogen-bond acceptors (Lipinski definition) is 7. The van der Waals surface area contributed by atoms with E-state index in [1.807, 2.05) is 54.6 Å². The van der Waals surface area contributed by atoms with E-state index in [1.165, 1.54) is 0 Å². The van der Waals surface area contributed by atoms with Gasteiger partial charge in [0.25, 0.3) is 5.91 Å². The number of methoxy groups -OCH3 is 3. The third-order valence-corrected chi connectivity index (χ3v) is 7.27. The highest BCUT2D eigenvalue weighted by molar-refractivity contribution is 6.33. The van der Waals surface area contributed by atoms with E-state index in [-0.39, 0.29) is 12.5 Å². The number of benzene rings is 3.